The van der Waals surface area contributed by atoms with E-state index in [2.05, 4.69) is 4.90 Å². The lowest BCUT2D eigenvalue weighted by atomic mass is 9.93. The van der Waals surface area contributed by atoms with Crippen molar-refractivity contribution in [2.75, 3.05) is 78.7 Å². The van der Waals surface area contributed by atoms with Crippen LogP contribution in [-0.2, 0) is 20.5 Å². The second-order valence-corrected chi connectivity index (χ2v) is 16.5. The van der Waals surface area contributed by atoms with Crippen molar-refractivity contribution in [3.05, 3.63) is 93.0 Å². The topological polar surface area (TPSA) is 98.2 Å². The quantitative estimate of drug-likeness (QED) is 0.251. The molecule has 4 heterocycles. The van der Waals surface area contributed by atoms with Gasteiger partial charge in [-0.1, -0.05) is 53.9 Å². The van der Waals surface area contributed by atoms with E-state index in [0.29, 0.717) is 97.7 Å². The van der Waals surface area contributed by atoms with Crippen molar-refractivity contribution in [1.82, 2.24) is 23.9 Å². The van der Waals surface area contributed by atoms with Gasteiger partial charge in [-0.25, -0.2) is 13.3 Å². The molecule has 3 aromatic rings. The van der Waals surface area contributed by atoms with Crippen molar-refractivity contribution in [3.63, 3.8) is 0 Å². The Bertz CT molecular complexity index is 1860. The van der Waals surface area contributed by atoms with Gasteiger partial charge in [0, 0.05) is 62.4 Å². The first-order valence-corrected chi connectivity index (χ1v) is 20.8. The van der Waals surface area contributed by atoms with Gasteiger partial charge in [0.05, 0.1) is 42.9 Å². The zero-order valence-electron chi connectivity index (χ0n) is 30.9. The predicted octanol–water partition coefficient (Wildman–Crippen LogP) is 6.35. The van der Waals surface area contributed by atoms with E-state index in [0.717, 1.165) is 49.0 Å². The average Bonchev–Trinajstić information content (AvgIpc) is 3.59. The fraction of sp³-hybridized carbons (Fsp3) is 0.475. The number of hydrogen-bond donors (Lipinski definition) is 0. The van der Waals surface area contributed by atoms with Crippen molar-refractivity contribution in [2.24, 2.45) is 4.99 Å². The molecule has 3 amide bonds. The Balaban J connectivity index is 1.28. The summed E-state index contributed by atoms with van der Waals surface area (Å²) < 4.78 is 27.9. The number of morpholine rings is 1. The molecule has 0 saturated carbocycles. The molecule has 3 atom stereocenters. The number of halogens is 2. The number of urea groups is 1. The molecule has 7 rings (SSSR count). The number of amides is 3. The second kappa shape index (κ2) is 17.5. The number of aryl methyl sites for hydroxylation is 1. The number of rotatable bonds is 9. The zero-order chi connectivity index (χ0) is 37.8. The van der Waals surface area contributed by atoms with Gasteiger partial charge in [0.15, 0.2) is 0 Å². The molecule has 0 bridgehead atoms. The predicted molar refractivity (Wildman–Crippen MR) is 212 cm³/mol. The van der Waals surface area contributed by atoms with Gasteiger partial charge < -0.3 is 19.3 Å². The number of piperidine rings is 1. The van der Waals surface area contributed by atoms with E-state index >= 15 is 4.79 Å². The smallest absolute Gasteiger partial charge is 0.326 e. The van der Waals surface area contributed by atoms with E-state index in [1.807, 2.05) is 88.6 Å². The number of benzene rings is 3. The van der Waals surface area contributed by atoms with Crippen molar-refractivity contribution < 1.29 is 23.3 Å². The van der Waals surface area contributed by atoms with Crippen LogP contribution < -0.4 is 4.74 Å². The van der Waals surface area contributed by atoms with Gasteiger partial charge in [0.25, 0.3) is 0 Å². The first-order chi connectivity index (χ1) is 26.2. The van der Waals surface area contributed by atoms with E-state index in [4.69, 9.17) is 37.7 Å². The maximum Gasteiger partial charge on any atom is 0.326 e. The highest BCUT2D eigenvalue weighted by atomic mass is 35.5. The van der Waals surface area contributed by atoms with Crippen LogP contribution in [0, 0.1) is 6.92 Å². The molecule has 14 heteroatoms. The molecular formula is C40H48Cl2N6O5S. The number of nitrogens with zero attached hydrogens (tertiary/aromatic N) is 6. The lowest BCUT2D eigenvalue weighted by molar-refractivity contribution is -0.136. The molecule has 4 aliphatic rings. The van der Waals surface area contributed by atoms with Crippen molar-refractivity contribution in [3.8, 4) is 5.75 Å². The third kappa shape index (κ3) is 8.49. The number of carbonyl (C=O) groups excluding carboxylic acids is 2. The van der Waals surface area contributed by atoms with Gasteiger partial charge in [-0.3, -0.25) is 19.6 Å². The summed E-state index contributed by atoms with van der Waals surface area (Å²) in [5, 5.41) is 1.19. The van der Waals surface area contributed by atoms with Crippen LogP contribution in [0.4, 0.5) is 4.79 Å². The maximum atomic E-state index is 15.2. The monoisotopic (exact) mass is 794 g/mol. The third-order valence-electron chi connectivity index (χ3n) is 10.6. The van der Waals surface area contributed by atoms with Gasteiger partial charge in [-0.2, -0.15) is 0 Å². The molecule has 4 aliphatic heterocycles. The number of aliphatic imine (C=N–C) groups is 1. The number of hydrogen-bond acceptors (Lipinski definition) is 7. The Morgan fingerprint density at radius 1 is 0.833 bits per heavy atom. The SMILES string of the molecule is CCOc1cc(C)c(S(=O)N2CCCCC2)cc1C1=N[C@@H](c2ccc(Cl)cc2)[C@@H](c2ccc(Cl)cc2)N1C(=O)N1CCN(CC(=O)N2CCOCC2)CC1. The molecule has 288 valence electrons. The lowest BCUT2D eigenvalue weighted by Gasteiger charge is -2.39. The molecule has 1 unspecified atom stereocenters. The highest BCUT2D eigenvalue weighted by Crippen LogP contribution is 2.46. The van der Waals surface area contributed by atoms with Gasteiger partial charge in [0.2, 0.25) is 5.91 Å². The lowest BCUT2D eigenvalue weighted by Crippen LogP contribution is -2.56. The molecular weight excluding hydrogens is 747 g/mol. The van der Waals surface area contributed by atoms with E-state index in [-0.39, 0.29) is 11.9 Å². The van der Waals surface area contributed by atoms with Crippen LogP contribution >= 0.6 is 23.2 Å². The van der Waals surface area contributed by atoms with Gasteiger partial charge in [-0.05, 0) is 79.8 Å². The van der Waals surface area contributed by atoms with Crippen LogP contribution in [0.2, 0.25) is 10.0 Å². The highest BCUT2D eigenvalue weighted by Gasteiger charge is 2.45. The Hall–Kier alpha value is -3.52. The summed E-state index contributed by atoms with van der Waals surface area (Å²) >= 11 is 12.8. The fourth-order valence-corrected chi connectivity index (χ4v) is 9.35. The van der Waals surface area contributed by atoms with Crippen LogP contribution in [0.25, 0.3) is 0 Å². The van der Waals surface area contributed by atoms with E-state index in [9.17, 15) is 9.00 Å². The summed E-state index contributed by atoms with van der Waals surface area (Å²) in [6.45, 7) is 10.4. The summed E-state index contributed by atoms with van der Waals surface area (Å²) in [6.07, 6.45) is 3.14. The molecule has 0 aromatic heterocycles. The van der Waals surface area contributed by atoms with Crippen LogP contribution in [0.3, 0.4) is 0 Å². The molecule has 0 spiro atoms. The molecule has 0 radical (unpaired) electrons. The zero-order valence-corrected chi connectivity index (χ0v) is 33.3. The normalized spacial score (nSPS) is 21.9. The molecule has 11 nitrogen and oxygen atoms in total. The van der Waals surface area contributed by atoms with Crippen LogP contribution in [0.1, 0.15) is 60.5 Å². The molecule has 54 heavy (non-hydrogen) atoms. The van der Waals surface area contributed by atoms with Crippen LogP contribution in [0.5, 0.6) is 5.75 Å². The number of piperazine rings is 1. The van der Waals surface area contributed by atoms with Crippen LogP contribution in [0.15, 0.2) is 70.6 Å². The molecule has 0 aliphatic carbocycles. The Morgan fingerprint density at radius 2 is 1.46 bits per heavy atom. The molecule has 0 N–H and O–H groups in total. The number of amidine groups is 1. The van der Waals surface area contributed by atoms with E-state index < -0.39 is 23.1 Å². The van der Waals surface area contributed by atoms with Gasteiger partial charge in [0.1, 0.15) is 28.6 Å². The van der Waals surface area contributed by atoms with Gasteiger partial charge in [-0.15, -0.1) is 0 Å². The molecule has 3 saturated heterocycles. The maximum absolute atomic E-state index is 15.2. The van der Waals surface area contributed by atoms with Gasteiger partial charge >= 0.3 is 6.03 Å². The minimum atomic E-state index is -1.40. The third-order valence-corrected chi connectivity index (χ3v) is 12.8. The van der Waals surface area contributed by atoms with Crippen LogP contribution in [-0.4, -0.2) is 125 Å². The number of ether oxygens (including phenoxy) is 2. The first-order valence-electron chi connectivity index (χ1n) is 18.9. The van der Waals surface area contributed by atoms with E-state index in [1.165, 1.54) is 0 Å². The fourth-order valence-electron chi connectivity index (χ4n) is 7.68. The summed E-state index contributed by atoms with van der Waals surface area (Å²) in [5.74, 6) is 1.11. The van der Waals surface area contributed by atoms with E-state index in [1.54, 1.807) is 4.90 Å². The standard InChI is InChI=1S/C40H48Cl2N6O5S/c1-3-53-34-25-28(2)35(54(51)47-15-5-4-6-16-47)26-33(34)39-43-37(29-7-11-31(41)12-8-29)38(30-9-13-32(42)14-10-30)48(39)40(50)46-19-17-44(18-20-46)27-36(49)45-21-23-52-24-22-45/h7-14,25-26,37-38H,3-6,15-24,27H2,1-2H3/t37-,38+,54?/m0/s1. The minimum Gasteiger partial charge on any atom is -0.493 e. The summed E-state index contributed by atoms with van der Waals surface area (Å²) in [6, 6.07) is 17.7. The highest BCUT2D eigenvalue weighted by molar-refractivity contribution is 7.82. The Kier molecular flexibility index (Phi) is 12.6. The average molecular weight is 796 g/mol. The Morgan fingerprint density at radius 3 is 2.09 bits per heavy atom. The first kappa shape index (κ1) is 38.7. The van der Waals surface area contributed by atoms with Crippen molar-refractivity contribution in [1.29, 1.82) is 0 Å². The number of carbonyl (C=O) groups is 2. The molecule has 3 fully saturated rings. The summed E-state index contributed by atoms with van der Waals surface area (Å²) in [4.78, 5) is 41.9. The summed E-state index contributed by atoms with van der Waals surface area (Å²) in [7, 11) is -1.40. The largest absolute Gasteiger partial charge is 0.493 e. The van der Waals surface area contributed by atoms with Crippen molar-refractivity contribution in [2.45, 2.75) is 50.1 Å². The Labute approximate surface area is 330 Å². The second-order valence-electron chi connectivity index (χ2n) is 14.1. The summed E-state index contributed by atoms with van der Waals surface area (Å²) in [5.41, 5.74) is 3.22. The minimum absolute atomic E-state index is 0.0845. The molecule has 3 aromatic carbocycles. The van der Waals surface area contributed by atoms with Crippen molar-refractivity contribution >= 4 is 52.0 Å².